The lowest BCUT2D eigenvalue weighted by molar-refractivity contribution is 0.0893. The summed E-state index contributed by atoms with van der Waals surface area (Å²) in [5.74, 6) is 2.15. The van der Waals surface area contributed by atoms with Crippen molar-refractivity contribution in [3.63, 3.8) is 0 Å². The van der Waals surface area contributed by atoms with Crippen molar-refractivity contribution in [3.8, 4) is 0 Å². The van der Waals surface area contributed by atoms with E-state index in [9.17, 15) is 0 Å². The van der Waals surface area contributed by atoms with Gasteiger partial charge in [-0.2, -0.15) is 0 Å². The Kier molecular flexibility index (Phi) is 4.87. The molecule has 2 fully saturated rings. The van der Waals surface area contributed by atoms with Crippen LogP contribution in [-0.2, 0) is 4.74 Å². The van der Waals surface area contributed by atoms with E-state index in [2.05, 4.69) is 19.2 Å². The summed E-state index contributed by atoms with van der Waals surface area (Å²) in [5, 5.41) is 3.64. The maximum Gasteiger partial charge on any atom is 0.0471 e. The quantitative estimate of drug-likeness (QED) is 0.624. The third kappa shape index (κ3) is 3.69. The molecular formula is C15H29NO. The Morgan fingerprint density at radius 2 is 1.88 bits per heavy atom. The predicted octanol–water partition coefficient (Wildman–Crippen LogP) is 3.22. The SMILES string of the molecule is CCCNCC1(CCOCCC)CC2CC2C1. The number of rotatable bonds is 9. The van der Waals surface area contributed by atoms with E-state index in [4.69, 9.17) is 4.74 Å². The molecule has 0 saturated heterocycles. The van der Waals surface area contributed by atoms with Gasteiger partial charge in [0.2, 0.25) is 0 Å². The Labute approximate surface area is 107 Å². The molecular weight excluding hydrogens is 210 g/mol. The highest BCUT2D eigenvalue weighted by molar-refractivity contribution is 5.04. The lowest BCUT2D eigenvalue weighted by Crippen LogP contribution is -2.34. The van der Waals surface area contributed by atoms with Gasteiger partial charge in [-0.1, -0.05) is 13.8 Å². The van der Waals surface area contributed by atoms with Crippen LogP contribution in [0.3, 0.4) is 0 Å². The molecule has 2 unspecified atom stereocenters. The van der Waals surface area contributed by atoms with E-state index in [-0.39, 0.29) is 0 Å². The normalized spacial score (nSPS) is 34.9. The van der Waals surface area contributed by atoms with Crippen LogP contribution >= 0.6 is 0 Å². The van der Waals surface area contributed by atoms with E-state index in [1.807, 2.05) is 0 Å². The van der Waals surface area contributed by atoms with Crippen molar-refractivity contribution in [2.75, 3.05) is 26.3 Å². The molecule has 17 heavy (non-hydrogen) atoms. The molecule has 0 radical (unpaired) electrons. The van der Waals surface area contributed by atoms with Gasteiger partial charge in [0.25, 0.3) is 0 Å². The molecule has 0 aromatic rings. The van der Waals surface area contributed by atoms with E-state index in [1.165, 1.54) is 45.2 Å². The zero-order valence-electron chi connectivity index (χ0n) is 11.6. The maximum absolute atomic E-state index is 5.70. The van der Waals surface area contributed by atoms with Gasteiger partial charge in [-0.25, -0.2) is 0 Å². The van der Waals surface area contributed by atoms with Gasteiger partial charge < -0.3 is 10.1 Å². The monoisotopic (exact) mass is 239 g/mol. The molecule has 0 spiro atoms. The smallest absolute Gasteiger partial charge is 0.0471 e. The van der Waals surface area contributed by atoms with Crippen LogP contribution in [0.5, 0.6) is 0 Å². The highest BCUT2D eigenvalue weighted by Crippen LogP contribution is 2.60. The fraction of sp³-hybridized carbons (Fsp3) is 1.00. The first-order valence-corrected chi connectivity index (χ1v) is 7.58. The number of ether oxygens (including phenoxy) is 1. The third-order valence-corrected chi connectivity index (χ3v) is 4.51. The molecule has 1 N–H and O–H groups in total. The molecule has 0 amide bonds. The summed E-state index contributed by atoms with van der Waals surface area (Å²) in [5.41, 5.74) is 0.580. The number of nitrogens with one attached hydrogen (secondary N) is 1. The summed E-state index contributed by atoms with van der Waals surface area (Å²) in [4.78, 5) is 0. The summed E-state index contributed by atoms with van der Waals surface area (Å²) in [6.45, 7) is 8.74. The minimum absolute atomic E-state index is 0.580. The topological polar surface area (TPSA) is 21.3 Å². The molecule has 0 heterocycles. The van der Waals surface area contributed by atoms with Gasteiger partial charge in [0.05, 0.1) is 0 Å². The van der Waals surface area contributed by atoms with Crippen molar-refractivity contribution in [2.45, 2.75) is 52.4 Å². The summed E-state index contributed by atoms with van der Waals surface area (Å²) >= 11 is 0. The van der Waals surface area contributed by atoms with Crippen LogP contribution in [0.25, 0.3) is 0 Å². The van der Waals surface area contributed by atoms with Crippen LogP contribution in [0.1, 0.15) is 52.4 Å². The van der Waals surface area contributed by atoms with Crippen LogP contribution in [0.2, 0.25) is 0 Å². The molecule has 2 heteroatoms. The first-order chi connectivity index (χ1) is 8.29. The van der Waals surface area contributed by atoms with Gasteiger partial charge in [-0.15, -0.1) is 0 Å². The molecule has 2 atom stereocenters. The van der Waals surface area contributed by atoms with Gasteiger partial charge in [0.15, 0.2) is 0 Å². The first-order valence-electron chi connectivity index (χ1n) is 7.58. The number of hydrogen-bond donors (Lipinski definition) is 1. The maximum atomic E-state index is 5.70. The van der Waals surface area contributed by atoms with E-state index in [1.54, 1.807) is 0 Å². The van der Waals surface area contributed by atoms with E-state index >= 15 is 0 Å². The van der Waals surface area contributed by atoms with Crippen molar-refractivity contribution >= 4 is 0 Å². The fourth-order valence-corrected chi connectivity index (χ4v) is 3.51. The Bertz CT molecular complexity index is 219. The molecule has 100 valence electrons. The Morgan fingerprint density at radius 1 is 1.12 bits per heavy atom. The van der Waals surface area contributed by atoms with Crippen molar-refractivity contribution in [3.05, 3.63) is 0 Å². The van der Waals surface area contributed by atoms with E-state index in [0.29, 0.717) is 5.41 Å². The van der Waals surface area contributed by atoms with Crippen LogP contribution < -0.4 is 5.32 Å². The Balaban J connectivity index is 1.72. The summed E-state index contributed by atoms with van der Waals surface area (Å²) in [6.07, 6.45) is 8.11. The average molecular weight is 239 g/mol. The summed E-state index contributed by atoms with van der Waals surface area (Å²) < 4.78 is 5.70. The van der Waals surface area contributed by atoms with Crippen molar-refractivity contribution in [2.24, 2.45) is 17.3 Å². The zero-order chi connectivity index (χ0) is 12.1. The fourth-order valence-electron chi connectivity index (χ4n) is 3.51. The molecule has 0 aromatic heterocycles. The van der Waals surface area contributed by atoms with Gasteiger partial charge in [-0.3, -0.25) is 0 Å². The minimum atomic E-state index is 0.580. The van der Waals surface area contributed by atoms with Crippen molar-refractivity contribution in [1.82, 2.24) is 5.32 Å². The van der Waals surface area contributed by atoms with Crippen LogP contribution in [-0.4, -0.2) is 26.3 Å². The Hall–Kier alpha value is -0.0800. The van der Waals surface area contributed by atoms with E-state index < -0.39 is 0 Å². The largest absolute Gasteiger partial charge is 0.381 e. The Morgan fingerprint density at radius 3 is 2.53 bits per heavy atom. The van der Waals surface area contributed by atoms with Gasteiger partial charge in [0, 0.05) is 19.8 Å². The van der Waals surface area contributed by atoms with Gasteiger partial charge >= 0.3 is 0 Å². The van der Waals surface area contributed by atoms with Gasteiger partial charge in [0.1, 0.15) is 0 Å². The van der Waals surface area contributed by atoms with Crippen LogP contribution in [0, 0.1) is 17.3 Å². The lowest BCUT2D eigenvalue weighted by atomic mass is 9.80. The molecule has 0 aliphatic heterocycles. The molecule has 2 saturated carbocycles. The third-order valence-electron chi connectivity index (χ3n) is 4.51. The molecule has 0 aromatic carbocycles. The van der Waals surface area contributed by atoms with Crippen molar-refractivity contribution < 1.29 is 4.74 Å². The standard InChI is InChI=1S/C15H29NO/c1-3-6-16-12-15(5-8-17-7-4-2)10-13-9-14(13)11-15/h13-14,16H,3-12H2,1-2H3. The van der Waals surface area contributed by atoms with Crippen LogP contribution in [0.4, 0.5) is 0 Å². The van der Waals surface area contributed by atoms with E-state index in [0.717, 1.165) is 31.5 Å². The average Bonchev–Trinajstić information content (AvgIpc) is 2.94. The molecule has 2 aliphatic rings. The molecule has 2 rings (SSSR count). The second-order valence-corrected chi connectivity index (χ2v) is 6.20. The van der Waals surface area contributed by atoms with Crippen LogP contribution in [0.15, 0.2) is 0 Å². The zero-order valence-corrected chi connectivity index (χ0v) is 11.6. The summed E-state index contributed by atoms with van der Waals surface area (Å²) in [7, 11) is 0. The summed E-state index contributed by atoms with van der Waals surface area (Å²) in [6, 6.07) is 0. The predicted molar refractivity (Wildman–Crippen MR) is 72.2 cm³/mol. The first kappa shape index (κ1) is 13.4. The minimum Gasteiger partial charge on any atom is -0.381 e. The molecule has 2 aliphatic carbocycles. The second kappa shape index (κ2) is 6.19. The number of fused-ring (bicyclic) bond motifs is 1. The van der Waals surface area contributed by atoms with Gasteiger partial charge in [-0.05, 0) is 62.3 Å². The highest BCUT2D eigenvalue weighted by Gasteiger charge is 2.52. The number of hydrogen-bond acceptors (Lipinski definition) is 2. The lowest BCUT2D eigenvalue weighted by Gasteiger charge is -2.31. The molecule has 2 nitrogen and oxygen atoms in total. The highest BCUT2D eigenvalue weighted by atomic mass is 16.5. The second-order valence-electron chi connectivity index (χ2n) is 6.20. The van der Waals surface area contributed by atoms with Crippen molar-refractivity contribution in [1.29, 1.82) is 0 Å². The molecule has 0 bridgehead atoms.